The smallest absolute Gasteiger partial charge is 0.428 e. The van der Waals surface area contributed by atoms with Crippen LogP contribution >= 0.6 is 0 Å². The molecule has 0 unspecified atom stereocenters. The van der Waals surface area contributed by atoms with E-state index in [9.17, 15) is 4.79 Å². The summed E-state index contributed by atoms with van der Waals surface area (Å²) in [5.74, 6) is 0.339. The Kier molecular flexibility index (Phi) is 6.12. The molecule has 35 heavy (non-hydrogen) atoms. The van der Waals surface area contributed by atoms with Crippen LogP contribution in [-0.2, 0) is 10.2 Å². The fourth-order valence-electron chi connectivity index (χ4n) is 4.75. The van der Waals surface area contributed by atoms with Crippen LogP contribution in [0.2, 0.25) is 0 Å². The molecular formula is C29H35N3O3. The molecule has 0 amide bonds. The molecule has 0 bridgehead atoms. The van der Waals surface area contributed by atoms with E-state index in [2.05, 4.69) is 46.8 Å². The highest BCUT2D eigenvalue weighted by molar-refractivity contribution is 5.93. The third-order valence-electron chi connectivity index (χ3n) is 5.78. The number of aromatic nitrogens is 3. The van der Waals surface area contributed by atoms with E-state index in [1.165, 1.54) is 5.56 Å². The van der Waals surface area contributed by atoms with Crippen molar-refractivity contribution in [3.05, 3.63) is 60.2 Å². The first-order chi connectivity index (χ1) is 16.2. The third-order valence-corrected chi connectivity index (χ3v) is 5.78. The minimum Gasteiger partial charge on any atom is -0.428 e. The van der Waals surface area contributed by atoms with Gasteiger partial charge in [0.1, 0.15) is 22.3 Å². The largest absolute Gasteiger partial charge is 0.514 e. The molecule has 0 radical (unpaired) electrons. The summed E-state index contributed by atoms with van der Waals surface area (Å²) in [6.45, 7) is 16.7. The molecule has 0 aliphatic carbocycles. The zero-order valence-corrected chi connectivity index (χ0v) is 22.0. The normalized spacial score (nSPS) is 12.8. The van der Waals surface area contributed by atoms with Gasteiger partial charge in [0.25, 0.3) is 0 Å². The molecule has 3 aromatic carbocycles. The van der Waals surface area contributed by atoms with Gasteiger partial charge in [-0.15, -0.1) is 15.0 Å². The molecular weight excluding hydrogens is 438 g/mol. The molecule has 0 N–H and O–H groups in total. The number of hydrogen-bond acceptors (Lipinski definition) is 5. The number of hydrogen-bond donors (Lipinski definition) is 0. The second-order valence-electron chi connectivity index (χ2n) is 12.0. The van der Waals surface area contributed by atoms with E-state index in [4.69, 9.17) is 19.7 Å². The van der Waals surface area contributed by atoms with Crippen LogP contribution in [0.3, 0.4) is 0 Å². The van der Waals surface area contributed by atoms with Crippen LogP contribution in [0.4, 0.5) is 4.79 Å². The van der Waals surface area contributed by atoms with Crippen molar-refractivity contribution >= 4 is 28.0 Å². The van der Waals surface area contributed by atoms with E-state index in [0.29, 0.717) is 11.4 Å². The summed E-state index contributed by atoms with van der Waals surface area (Å²) in [4.78, 5) is 14.1. The monoisotopic (exact) mass is 473 g/mol. The molecule has 184 valence electrons. The number of carbonyl (C=O) groups is 1. The summed E-state index contributed by atoms with van der Waals surface area (Å²) < 4.78 is 11.0. The van der Waals surface area contributed by atoms with Crippen LogP contribution in [0.25, 0.3) is 27.5 Å². The quantitative estimate of drug-likeness (QED) is 0.225. The van der Waals surface area contributed by atoms with Crippen molar-refractivity contribution in [2.75, 3.05) is 0 Å². The fraction of sp³-hybridized carbons (Fsp3) is 0.414. The average molecular weight is 474 g/mol. The molecule has 6 nitrogen and oxygen atoms in total. The topological polar surface area (TPSA) is 66.2 Å². The van der Waals surface area contributed by atoms with Gasteiger partial charge in [0, 0.05) is 5.39 Å². The van der Waals surface area contributed by atoms with E-state index < -0.39 is 11.8 Å². The standard InChI is InChI=1S/C29H35N3O3/c1-27(2,3)18-29(7,8)20-14-15-22-23(17-20)31-32(30-22)25-21-12-10-9-11-19(21)13-16-24(25)34-26(33)35-28(4,5)6/h9-17H,18H2,1-8H3. The molecule has 0 spiro atoms. The van der Waals surface area contributed by atoms with Crippen molar-refractivity contribution in [3.8, 4) is 11.4 Å². The van der Waals surface area contributed by atoms with Gasteiger partial charge in [-0.25, -0.2) is 4.79 Å². The second-order valence-corrected chi connectivity index (χ2v) is 12.0. The zero-order valence-electron chi connectivity index (χ0n) is 22.0. The summed E-state index contributed by atoms with van der Waals surface area (Å²) in [7, 11) is 0. The van der Waals surface area contributed by atoms with Crippen molar-refractivity contribution in [2.24, 2.45) is 5.41 Å². The van der Waals surface area contributed by atoms with E-state index in [1.807, 2.05) is 36.4 Å². The molecule has 0 aliphatic rings. The van der Waals surface area contributed by atoms with Crippen LogP contribution in [0.15, 0.2) is 54.6 Å². The van der Waals surface area contributed by atoms with Crippen molar-refractivity contribution in [3.63, 3.8) is 0 Å². The summed E-state index contributed by atoms with van der Waals surface area (Å²) in [5.41, 5.74) is 2.91. The SMILES string of the molecule is CC(C)(C)CC(C)(C)c1ccc2nn(-c3c(OC(=O)OC(C)(C)C)ccc4ccccc34)nc2c1. The van der Waals surface area contributed by atoms with E-state index in [0.717, 1.165) is 28.2 Å². The summed E-state index contributed by atoms with van der Waals surface area (Å²) in [6.07, 6.45) is 0.272. The first-order valence-corrected chi connectivity index (χ1v) is 12.0. The molecule has 0 saturated carbocycles. The number of fused-ring (bicyclic) bond motifs is 2. The van der Waals surface area contributed by atoms with Gasteiger partial charge in [-0.05, 0) is 67.2 Å². The maximum Gasteiger partial charge on any atom is 0.514 e. The minimum atomic E-state index is -0.767. The van der Waals surface area contributed by atoms with Gasteiger partial charge in [-0.2, -0.15) is 0 Å². The van der Waals surface area contributed by atoms with Gasteiger partial charge in [-0.3, -0.25) is 0 Å². The first-order valence-electron chi connectivity index (χ1n) is 12.0. The molecule has 4 aromatic rings. The lowest BCUT2D eigenvalue weighted by Gasteiger charge is -2.32. The van der Waals surface area contributed by atoms with Crippen molar-refractivity contribution in [1.82, 2.24) is 15.0 Å². The Balaban J connectivity index is 1.81. The molecule has 0 atom stereocenters. The van der Waals surface area contributed by atoms with Gasteiger partial charge in [0.2, 0.25) is 0 Å². The average Bonchev–Trinajstić information content (AvgIpc) is 3.13. The van der Waals surface area contributed by atoms with Gasteiger partial charge >= 0.3 is 6.16 Å². The van der Waals surface area contributed by atoms with E-state index >= 15 is 0 Å². The Morgan fingerprint density at radius 1 is 0.857 bits per heavy atom. The number of rotatable bonds is 4. The molecule has 0 aliphatic heterocycles. The van der Waals surface area contributed by atoms with Crippen LogP contribution in [0, 0.1) is 5.41 Å². The van der Waals surface area contributed by atoms with Crippen LogP contribution < -0.4 is 4.74 Å². The number of ether oxygens (including phenoxy) is 2. The lowest BCUT2D eigenvalue weighted by molar-refractivity contribution is 0.0206. The molecule has 1 heterocycles. The molecule has 0 fully saturated rings. The Morgan fingerprint density at radius 3 is 2.23 bits per heavy atom. The van der Waals surface area contributed by atoms with Crippen LogP contribution in [-0.4, -0.2) is 26.8 Å². The fourth-order valence-corrected chi connectivity index (χ4v) is 4.75. The Morgan fingerprint density at radius 2 is 1.54 bits per heavy atom. The maximum atomic E-state index is 12.5. The van der Waals surface area contributed by atoms with Gasteiger partial charge < -0.3 is 9.47 Å². The van der Waals surface area contributed by atoms with Crippen LogP contribution in [0.1, 0.15) is 67.4 Å². The lowest BCUT2D eigenvalue weighted by atomic mass is 9.72. The highest BCUT2D eigenvalue weighted by Crippen LogP contribution is 2.37. The minimum absolute atomic E-state index is 0.0132. The predicted molar refractivity (Wildman–Crippen MR) is 140 cm³/mol. The van der Waals surface area contributed by atoms with Crippen molar-refractivity contribution < 1.29 is 14.3 Å². The van der Waals surface area contributed by atoms with Crippen molar-refractivity contribution in [1.29, 1.82) is 0 Å². The molecule has 6 heteroatoms. The lowest BCUT2D eigenvalue weighted by Crippen LogP contribution is -2.26. The summed E-state index contributed by atoms with van der Waals surface area (Å²) >= 11 is 0. The predicted octanol–water partition coefficient (Wildman–Crippen LogP) is 7.60. The summed E-state index contributed by atoms with van der Waals surface area (Å²) in [6, 6.07) is 17.8. The number of nitrogens with zero attached hydrogens (tertiary/aromatic N) is 3. The Bertz CT molecular complexity index is 1390. The van der Waals surface area contributed by atoms with Gasteiger partial charge in [-0.1, -0.05) is 71.0 Å². The molecule has 4 rings (SSSR count). The summed E-state index contributed by atoms with van der Waals surface area (Å²) in [5, 5.41) is 11.4. The van der Waals surface area contributed by atoms with Crippen molar-refractivity contribution in [2.45, 2.75) is 72.8 Å². The maximum absolute atomic E-state index is 12.5. The first kappa shape index (κ1) is 24.7. The number of carbonyl (C=O) groups excluding carboxylic acids is 1. The second kappa shape index (κ2) is 8.67. The highest BCUT2D eigenvalue weighted by atomic mass is 16.7. The van der Waals surface area contributed by atoms with Crippen LogP contribution in [0.5, 0.6) is 5.75 Å². The molecule has 1 aromatic heterocycles. The Labute approximate surface area is 207 Å². The molecule has 0 saturated heterocycles. The van der Waals surface area contributed by atoms with Gasteiger partial charge in [0.05, 0.1) is 0 Å². The Hall–Kier alpha value is -3.41. The van der Waals surface area contributed by atoms with E-state index in [-0.39, 0.29) is 10.8 Å². The zero-order chi connectivity index (χ0) is 25.6. The van der Waals surface area contributed by atoms with E-state index in [1.54, 1.807) is 31.6 Å². The third kappa shape index (κ3) is 5.64. The highest BCUT2D eigenvalue weighted by Gasteiger charge is 2.28. The number of benzene rings is 3. The van der Waals surface area contributed by atoms with Gasteiger partial charge in [0.15, 0.2) is 5.75 Å².